The maximum atomic E-state index is 3.66. The van der Waals surface area contributed by atoms with Gasteiger partial charge in [0.2, 0.25) is 0 Å². The molecule has 2 fully saturated rings. The van der Waals surface area contributed by atoms with E-state index in [0.717, 1.165) is 12.0 Å². The Kier molecular flexibility index (Phi) is 5.11. The first kappa shape index (κ1) is 12.4. The van der Waals surface area contributed by atoms with Crippen LogP contribution in [0.25, 0.3) is 0 Å². The molecule has 0 aliphatic heterocycles. The number of nitrogens with zero attached hydrogens (tertiary/aromatic N) is 1. The van der Waals surface area contributed by atoms with E-state index in [4.69, 9.17) is 0 Å². The molecular formula is C14H28N2. The first-order chi connectivity index (χ1) is 7.86. The fourth-order valence-corrected chi connectivity index (χ4v) is 3.26. The topological polar surface area (TPSA) is 15.3 Å². The van der Waals surface area contributed by atoms with Crippen LogP contribution in [0.2, 0.25) is 0 Å². The zero-order chi connectivity index (χ0) is 11.2. The molecule has 0 saturated heterocycles. The SMILES string of the molecule is CN(NCC1CCCCC1)C1CCCCC1. The minimum Gasteiger partial charge on any atom is -0.255 e. The molecule has 0 spiro atoms. The van der Waals surface area contributed by atoms with E-state index in [-0.39, 0.29) is 0 Å². The molecule has 0 amide bonds. The summed E-state index contributed by atoms with van der Waals surface area (Å²) >= 11 is 0. The lowest BCUT2D eigenvalue weighted by Crippen LogP contribution is -2.45. The van der Waals surface area contributed by atoms with Gasteiger partial charge in [-0.15, -0.1) is 0 Å². The van der Waals surface area contributed by atoms with E-state index in [9.17, 15) is 0 Å². The second-order valence-corrected chi connectivity index (χ2v) is 5.77. The lowest BCUT2D eigenvalue weighted by Gasteiger charge is -2.33. The van der Waals surface area contributed by atoms with Crippen LogP contribution in [0.3, 0.4) is 0 Å². The summed E-state index contributed by atoms with van der Waals surface area (Å²) in [7, 11) is 2.25. The van der Waals surface area contributed by atoms with E-state index in [1.54, 1.807) is 0 Å². The number of hydrogen-bond donors (Lipinski definition) is 1. The summed E-state index contributed by atoms with van der Waals surface area (Å²) in [6.07, 6.45) is 14.4. The van der Waals surface area contributed by atoms with E-state index in [2.05, 4.69) is 17.5 Å². The van der Waals surface area contributed by atoms with Crippen molar-refractivity contribution in [2.45, 2.75) is 70.3 Å². The van der Waals surface area contributed by atoms with Gasteiger partial charge in [-0.05, 0) is 31.6 Å². The summed E-state index contributed by atoms with van der Waals surface area (Å²) in [5.74, 6) is 0.944. The molecule has 94 valence electrons. The number of hydrogen-bond acceptors (Lipinski definition) is 2. The van der Waals surface area contributed by atoms with Gasteiger partial charge in [0.1, 0.15) is 0 Å². The van der Waals surface area contributed by atoms with Crippen LogP contribution < -0.4 is 5.43 Å². The molecule has 16 heavy (non-hydrogen) atoms. The van der Waals surface area contributed by atoms with Crippen LogP contribution in [0.5, 0.6) is 0 Å². The van der Waals surface area contributed by atoms with Gasteiger partial charge < -0.3 is 0 Å². The summed E-state index contributed by atoms with van der Waals surface area (Å²) in [5.41, 5.74) is 3.66. The van der Waals surface area contributed by atoms with Gasteiger partial charge >= 0.3 is 0 Å². The molecule has 2 heteroatoms. The van der Waals surface area contributed by atoms with Gasteiger partial charge in [0, 0.05) is 19.6 Å². The smallest absolute Gasteiger partial charge is 0.0240 e. The van der Waals surface area contributed by atoms with Crippen LogP contribution in [0.15, 0.2) is 0 Å². The summed E-state index contributed by atoms with van der Waals surface area (Å²) in [4.78, 5) is 0. The average Bonchev–Trinajstić information content (AvgIpc) is 2.38. The standard InChI is InChI=1S/C14H28N2/c1-16(14-10-6-3-7-11-14)15-12-13-8-4-2-5-9-13/h13-15H,2-12H2,1H3. The van der Waals surface area contributed by atoms with Crippen molar-refractivity contribution in [3.05, 3.63) is 0 Å². The molecule has 0 heterocycles. The van der Waals surface area contributed by atoms with Crippen LogP contribution in [0.1, 0.15) is 64.2 Å². The molecule has 1 N–H and O–H groups in total. The lowest BCUT2D eigenvalue weighted by molar-refractivity contribution is 0.115. The average molecular weight is 224 g/mol. The highest BCUT2D eigenvalue weighted by atomic mass is 15.5. The molecule has 0 atom stereocenters. The largest absolute Gasteiger partial charge is 0.255 e. The van der Waals surface area contributed by atoms with Crippen LogP contribution in [0.4, 0.5) is 0 Å². The van der Waals surface area contributed by atoms with Gasteiger partial charge in [0.25, 0.3) is 0 Å². The van der Waals surface area contributed by atoms with Crippen LogP contribution in [-0.2, 0) is 0 Å². The quantitative estimate of drug-likeness (QED) is 0.737. The second kappa shape index (κ2) is 6.61. The van der Waals surface area contributed by atoms with Crippen molar-refractivity contribution in [1.29, 1.82) is 0 Å². The minimum atomic E-state index is 0.803. The van der Waals surface area contributed by atoms with E-state index in [1.165, 1.54) is 70.8 Å². The fraction of sp³-hybridized carbons (Fsp3) is 1.00. The maximum absolute atomic E-state index is 3.66. The number of nitrogens with one attached hydrogen (secondary N) is 1. The minimum absolute atomic E-state index is 0.803. The van der Waals surface area contributed by atoms with Gasteiger partial charge in [-0.2, -0.15) is 0 Å². The number of rotatable bonds is 4. The fourth-order valence-electron chi connectivity index (χ4n) is 3.26. The zero-order valence-corrected chi connectivity index (χ0v) is 10.9. The summed E-state index contributed by atoms with van der Waals surface area (Å²) in [6.45, 7) is 1.22. The van der Waals surface area contributed by atoms with Gasteiger partial charge in [-0.1, -0.05) is 38.5 Å². The molecule has 0 bridgehead atoms. The Balaban J connectivity index is 1.63. The molecule has 0 aromatic rings. The maximum Gasteiger partial charge on any atom is 0.0240 e. The van der Waals surface area contributed by atoms with Crippen molar-refractivity contribution in [3.8, 4) is 0 Å². The molecule has 2 nitrogen and oxygen atoms in total. The van der Waals surface area contributed by atoms with E-state index in [0.29, 0.717) is 0 Å². The van der Waals surface area contributed by atoms with Crippen LogP contribution in [0, 0.1) is 5.92 Å². The molecule has 2 aliphatic rings. The molecule has 2 rings (SSSR count). The van der Waals surface area contributed by atoms with E-state index >= 15 is 0 Å². The Hall–Kier alpha value is -0.0800. The molecule has 2 saturated carbocycles. The third kappa shape index (κ3) is 3.74. The lowest BCUT2D eigenvalue weighted by atomic mass is 9.89. The molecule has 0 aromatic heterocycles. The summed E-state index contributed by atoms with van der Waals surface area (Å²) < 4.78 is 0. The van der Waals surface area contributed by atoms with E-state index in [1.807, 2.05) is 0 Å². The predicted molar refractivity (Wildman–Crippen MR) is 69.2 cm³/mol. The van der Waals surface area contributed by atoms with Crippen molar-refractivity contribution in [3.63, 3.8) is 0 Å². The van der Waals surface area contributed by atoms with Crippen molar-refractivity contribution in [2.75, 3.05) is 13.6 Å². The van der Waals surface area contributed by atoms with Crippen LogP contribution >= 0.6 is 0 Å². The Morgan fingerprint density at radius 2 is 1.44 bits per heavy atom. The monoisotopic (exact) mass is 224 g/mol. The van der Waals surface area contributed by atoms with Crippen molar-refractivity contribution in [1.82, 2.24) is 10.4 Å². The van der Waals surface area contributed by atoms with Crippen molar-refractivity contribution in [2.24, 2.45) is 5.92 Å². The molecule has 2 aliphatic carbocycles. The Bertz CT molecular complexity index is 181. The second-order valence-electron chi connectivity index (χ2n) is 5.77. The highest BCUT2D eigenvalue weighted by molar-refractivity contribution is 4.73. The normalized spacial score (nSPS) is 25.1. The van der Waals surface area contributed by atoms with Crippen LogP contribution in [-0.4, -0.2) is 24.6 Å². The van der Waals surface area contributed by atoms with Gasteiger partial charge in [0.05, 0.1) is 0 Å². The third-order valence-corrected chi connectivity index (χ3v) is 4.48. The highest BCUT2D eigenvalue weighted by Crippen LogP contribution is 2.24. The Labute approximate surface area is 101 Å². The summed E-state index contributed by atoms with van der Waals surface area (Å²) in [6, 6.07) is 0.803. The Morgan fingerprint density at radius 3 is 2.06 bits per heavy atom. The van der Waals surface area contributed by atoms with E-state index < -0.39 is 0 Å². The molecule has 0 aromatic carbocycles. The van der Waals surface area contributed by atoms with Crippen molar-refractivity contribution >= 4 is 0 Å². The number of hydrazine groups is 1. The van der Waals surface area contributed by atoms with Gasteiger partial charge in [-0.3, -0.25) is 5.43 Å². The summed E-state index contributed by atoms with van der Waals surface area (Å²) in [5, 5.41) is 2.41. The molecule has 0 unspecified atom stereocenters. The van der Waals surface area contributed by atoms with Gasteiger partial charge in [-0.25, -0.2) is 5.01 Å². The molecular weight excluding hydrogens is 196 g/mol. The highest BCUT2D eigenvalue weighted by Gasteiger charge is 2.19. The first-order valence-corrected chi connectivity index (χ1v) is 7.32. The first-order valence-electron chi connectivity index (χ1n) is 7.32. The third-order valence-electron chi connectivity index (χ3n) is 4.48. The molecule has 0 radical (unpaired) electrons. The van der Waals surface area contributed by atoms with Crippen molar-refractivity contribution < 1.29 is 0 Å². The predicted octanol–water partition coefficient (Wildman–Crippen LogP) is 3.34. The Morgan fingerprint density at radius 1 is 0.875 bits per heavy atom. The zero-order valence-electron chi connectivity index (χ0n) is 10.9. The van der Waals surface area contributed by atoms with Gasteiger partial charge in [0.15, 0.2) is 0 Å².